The second-order valence-corrected chi connectivity index (χ2v) is 9.05. The second-order valence-electron chi connectivity index (χ2n) is 9.05. The van der Waals surface area contributed by atoms with Crippen LogP contribution in [0.2, 0.25) is 0 Å². The van der Waals surface area contributed by atoms with Crippen LogP contribution in [0.5, 0.6) is 0 Å². The summed E-state index contributed by atoms with van der Waals surface area (Å²) in [5.41, 5.74) is 2.88. The van der Waals surface area contributed by atoms with Gasteiger partial charge in [0.25, 0.3) is 0 Å². The Bertz CT molecular complexity index is 1110. The van der Waals surface area contributed by atoms with Crippen LogP contribution in [-0.4, -0.2) is 49.7 Å². The molecule has 37 heavy (non-hydrogen) atoms. The van der Waals surface area contributed by atoms with Crippen LogP contribution in [0.3, 0.4) is 0 Å². The van der Waals surface area contributed by atoms with Crippen LogP contribution in [-0.2, 0) is 46.4 Å². The van der Waals surface area contributed by atoms with E-state index in [1.54, 1.807) is 6.92 Å². The summed E-state index contributed by atoms with van der Waals surface area (Å²) in [6, 6.07) is 29.4. The minimum absolute atomic E-state index is 0.233. The van der Waals surface area contributed by atoms with Gasteiger partial charge in [-0.2, -0.15) is 0 Å². The summed E-state index contributed by atoms with van der Waals surface area (Å²) < 4.78 is 36.9. The van der Waals surface area contributed by atoms with Crippen molar-refractivity contribution < 1.29 is 33.2 Å². The van der Waals surface area contributed by atoms with E-state index in [1.165, 1.54) is 0 Å². The number of carbonyl (C=O) groups is 1. The van der Waals surface area contributed by atoms with Crippen LogP contribution in [0.25, 0.3) is 0 Å². The predicted molar refractivity (Wildman–Crippen MR) is 135 cm³/mol. The average Bonchev–Trinajstić information content (AvgIpc) is 2.96. The number of hydrogen-bond donors (Lipinski definition) is 0. The zero-order valence-corrected chi connectivity index (χ0v) is 20.8. The molecule has 194 valence electrons. The number of hydrogen-bond acceptors (Lipinski definition) is 7. The molecular weight excluding hydrogens is 472 g/mol. The van der Waals surface area contributed by atoms with E-state index in [1.807, 2.05) is 91.0 Å². The molecule has 5 rings (SSSR count). The third-order valence-corrected chi connectivity index (χ3v) is 6.49. The largest absolute Gasteiger partial charge is 0.464 e. The SMILES string of the molecule is CCOC(=O)[C@@H]1O[C@@H]2COC(c3ccccc3)O[C@H]2[C@H](OCc2ccccc2)[C@H]1OCc1ccccc1. The molecule has 0 radical (unpaired) electrons. The lowest BCUT2D eigenvalue weighted by atomic mass is 9.93. The van der Waals surface area contributed by atoms with Crippen LogP contribution in [0.15, 0.2) is 91.0 Å². The topological polar surface area (TPSA) is 72.5 Å². The van der Waals surface area contributed by atoms with E-state index in [4.69, 9.17) is 28.4 Å². The molecule has 7 heteroatoms. The molecule has 2 saturated heterocycles. The van der Waals surface area contributed by atoms with E-state index in [0.29, 0.717) is 6.61 Å². The van der Waals surface area contributed by atoms with Gasteiger partial charge in [0.05, 0.1) is 26.4 Å². The van der Waals surface area contributed by atoms with Gasteiger partial charge in [-0.1, -0.05) is 91.0 Å². The number of carbonyl (C=O) groups excluding carboxylic acids is 1. The van der Waals surface area contributed by atoms with Gasteiger partial charge in [0.2, 0.25) is 0 Å². The molecule has 1 unspecified atom stereocenters. The average molecular weight is 505 g/mol. The third-order valence-electron chi connectivity index (χ3n) is 6.49. The highest BCUT2D eigenvalue weighted by Crippen LogP contribution is 2.37. The van der Waals surface area contributed by atoms with Gasteiger partial charge in [0.15, 0.2) is 12.4 Å². The number of ether oxygens (including phenoxy) is 6. The van der Waals surface area contributed by atoms with Crippen LogP contribution in [0.4, 0.5) is 0 Å². The van der Waals surface area contributed by atoms with Gasteiger partial charge in [-0.3, -0.25) is 0 Å². The molecule has 2 fully saturated rings. The Morgan fingerprint density at radius 1 is 0.784 bits per heavy atom. The Morgan fingerprint density at radius 3 is 1.95 bits per heavy atom. The first-order valence-electron chi connectivity index (χ1n) is 12.7. The third kappa shape index (κ3) is 6.26. The Hall–Kier alpha value is -3.07. The summed E-state index contributed by atoms with van der Waals surface area (Å²) >= 11 is 0. The summed E-state index contributed by atoms with van der Waals surface area (Å²) in [5.74, 6) is -0.488. The van der Waals surface area contributed by atoms with E-state index < -0.39 is 42.8 Å². The van der Waals surface area contributed by atoms with Crippen molar-refractivity contribution in [2.75, 3.05) is 13.2 Å². The maximum atomic E-state index is 13.0. The Balaban J connectivity index is 1.43. The molecule has 0 aromatic heterocycles. The molecule has 3 aromatic carbocycles. The molecule has 0 saturated carbocycles. The number of esters is 1. The van der Waals surface area contributed by atoms with Crippen molar-refractivity contribution in [2.24, 2.45) is 0 Å². The molecule has 2 aliphatic heterocycles. The lowest BCUT2D eigenvalue weighted by molar-refractivity contribution is -0.337. The highest BCUT2D eigenvalue weighted by atomic mass is 16.7. The summed E-state index contributed by atoms with van der Waals surface area (Å²) in [7, 11) is 0. The van der Waals surface area contributed by atoms with E-state index in [0.717, 1.165) is 16.7 Å². The lowest BCUT2D eigenvalue weighted by Gasteiger charge is -2.48. The summed E-state index contributed by atoms with van der Waals surface area (Å²) in [6.07, 6.45) is -3.96. The summed E-state index contributed by atoms with van der Waals surface area (Å²) in [5, 5.41) is 0. The molecule has 2 aliphatic rings. The zero-order chi connectivity index (χ0) is 25.5. The summed E-state index contributed by atoms with van der Waals surface area (Å²) in [6.45, 7) is 2.86. The van der Waals surface area contributed by atoms with Gasteiger partial charge in [0, 0.05) is 5.56 Å². The minimum Gasteiger partial charge on any atom is -0.464 e. The summed E-state index contributed by atoms with van der Waals surface area (Å²) in [4.78, 5) is 13.0. The van der Waals surface area contributed by atoms with Gasteiger partial charge in [-0.05, 0) is 18.1 Å². The van der Waals surface area contributed by atoms with Crippen LogP contribution >= 0.6 is 0 Å². The monoisotopic (exact) mass is 504 g/mol. The molecule has 0 spiro atoms. The first kappa shape index (κ1) is 25.6. The standard InChI is InChI=1S/C30H32O7/c1-2-32-29(31)28-27(34-19-22-14-8-4-9-15-22)26(33-18-21-12-6-3-7-13-21)25-24(36-28)20-35-30(37-25)23-16-10-5-11-17-23/h3-17,24-28,30H,2,18-20H2,1H3/t24-,25-,26+,27-,28-,30?/m1/s1. The van der Waals surface area contributed by atoms with Crippen molar-refractivity contribution in [1.82, 2.24) is 0 Å². The molecule has 0 N–H and O–H groups in total. The zero-order valence-electron chi connectivity index (χ0n) is 20.8. The Labute approximate surface area is 217 Å². The molecule has 3 aromatic rings. The van der Waals surface area contributed by atoms with Crippen molar-refractivity contribution in [3.05, 3.63) is 108 Å². The van der Waals surface area contributed by atoms with Gasteiger partial charge >= 0.3 is 5.97 Å². The van der Waals surface area contributed by atoms with Crippen molar-refractivity contribution in [3.8, 4) is 0 Å². The first-order chi connectivity index (χ1) is 18.2. The van der Waals surface area contributed by atoms with E-state index in [-0.39, 0.29) is 19.8 Å². The van der Waals surface area contributed by atoms with E-state index in [2.05, 4.69) is 0 Å². The highest BCUT2D eigenvalue weighted by molar-refractivity contribution is 5.76. The fourth-order valence-electron chi connectivity index (χ4n) is 4.68. The molecule has 0 aliphatic carbocycles. The Morgan fingerprint density at radius 2 is 1.35 bits per heavy atom. The molecule has 7 nitrogen and oxygen atoms in total. The molecule has 2 heterocycles. The van der Waals surface area contributed by atoms with Gasteiger partial charge in [-0.25, -0.2) is 4.79 Å². The lowest BCUT2D eigenvalue weighted by Crippen LogP contribution is -2.64. The van der Waals surface area contributed by atoms with Gasteiger partial charge in [-0.15, -0.1) is 0 Å². The normalized spacial score (nSPS) is 27.3. The molecular formula is C30H32O7. The molecule has 0 amide bonds. The number of benzene rings is 3. The fraction of sp³-hybridized carbons (Fsp3) is 0.367. The predicted octanol–water partition coefficient (Wildman–Crippen LogP) is 4.60. The van der Waals surface area contributed by atoms with Crippen LogP contribution in [0.1, 0.15) is 29.9 Å². The van der Waals surface area contributed by atoms with Gasteiger partial charge in [0.1, 0.15) is 24.4 Å². The van der Waals surface area contributed by atoms with Crippen molar-refractivity contribution >= 4 is 5.97 Å². The van der Waals surface area contributed by atoms with E-state index in [9.17, 15) is 4.79 Å². The quantitative estimate of drug-likeness (QED) is 0.394. The minimum atomic E-state index is -0.980. The fourth-order valence-corrected chi connectivity index (χ4v) is 4.68. The number of fused-ring (bicyclic) bond motifs is 1. The van der Waals surface area contributed by atoms with Crippen LogP contribution in [0, 0.1) is 0 Å². The van der Waals surface area contributed by atoms with Crippen molar-refractivity contribution in [1.29, 1.82) is 0 Å². The molecule has 6 atom stereocenters. The molecule has 0 bridgehead atoms. The van der Waals surface area contributed by atoms with Gasteiger partial charge < -0.3 is 28.4 Å². The Kier molecular flexibility index (Phi) is 8.61. The maximum absolute atomic E-state index is 13.0. The van der Waals surface area contributed by atoms with Crippen molar-refractivity contribution in [2.45, 2.75) is 56.9 Å². The second kappa shape index (κ2) is 12.4. The van der Waals surface area contributed by atoms with Crippen molar-refractivity contribution in [3.63, 3.8) is 0 Å². The van der Waals surface area contributed by atoms with E-state index >= 15 is 0 Å². The first-order valence-corrected chi connectivity index (χ1v) is 12.7. The maximum Gasteiger partial charge on any atom is 0.338 e. The van der Waals surface area contributed by atoms with Crippen LogP contribution < -0.4 is 0 Å². The number of rotatable bonds is 9. The highest BCUT2D eigenvalue weighted by Gasteiger charge is 2.53. The smallest absolute Gasteiger partial charge is 0.338 e.